The van der Waals surface area contributed by atoms with Crippen LogP contribution in [0, 0.1) is 0 Å². The number of carbonyl (C=O) groups is 2. The van der Waals surface area contributed by atoms with Crippen molar-refractivity contribution in [2.24, 2.45) is 0 Å². The Morgan fingerprint density at radius 3 is 2.08 bits per heavy atom. The van der Waals surface area contributed by atoms with E-state index in [-0.39, 0.29) is 43.6 Å². The summed E-state index contributed by atoms with van der Waals surface area (Å²) in [4.78, 5) is 58.1. The average molecular weight is 416 g/mol. The van der Waals surface area contributed by atoms with Gasteiger partial charge in [-0.05, 0) is 19.8 Å². The molecule has 1 atom stereocenters. The maximum Gasteiger partial charge on any atom is 0.470 e. The van der Waals surface area contributed by atoms with Crippen LogP contribution in [0.2, 0.25) is 0 Å². The van der Waals surface area contributed by atoms with E-state index in [2.05, 4.69) is 11.1 Å². The number of unbranched alkanes of at least 4 members (excludes halogenated alkanes) is 3. The first kappa shape index (κ1) is 25.1. The number of hydrogen-bond acceptors (Lipinski definition) is 6. The molecule has 0 aromatic carbocycles. The van der Waals surface area contributed by atoms with Crippen LogP contribution in [0.4, 0.5) is 0 Å². The molecule has 0 heterocycles. The predicted octanol–water partition coefficient (Wildman–Crippen LogP) is 2.02. The number of rotatable bonds is 14. The molecule has 0 aliphatic carbocycles. The monoisotopic (exact) mass is 416 g/mol. The first-order valence-electron chi connectivity index (χ1n) is 7.96. The number of hydrogen-bond donors (Lipinski definition) is 4. The summed E-state index contributed by atoms with van der Waals surface area (Å²) in [5, 5.41) is 0. The number of esters is 1. The molecule has 26 heavy (non-hydrogen) atoms. The van der Waals surface area contributed by atoms with Crippen LogP contribution in [0.25, 0.3) is 0 Å². The first-order chi connectivity index (χ1) is 11.8. The fourth-order valence-electron chi connectivity index (χ4n) is 1.94. The number of ketones is 1. The third-order valence-electron chi connectivity index (χ3n) is 3.25. The van der Waals surface area contributed by atoms with Crippen molar-refractivity contribution in [1.29, 1.82) is 0 Å². The van der Waals surface area contributed by atoms with Gasteiger partial charge in [0.15, 0.2) is 5.85 Å². The Hall–Kier alpha value is -0.860. The zero-order valence-electron chi connectivity index (χ0n) is 14.6. The van der Waals surface area contributed by atoms with Crippen molar-refractivity contribution in [1.82, 2.24) is 0 Å². The van der Waals surface area contributed by atoms with Gasteiger partial charge in [-0.3, -0.25) is 13.9 Å². The Morgan fingerprint density at radius 1 is 1.00 bits per heavy atom. The molecule has 1 unspecified atom stereocenters. The second kappa shape index (κ2) is 11.8. The van der Waals surface area contributed by atoms with Gasteiger partial charge in [-0.1, -0.05) is 25.8 Å². The first-order valence-corrected chi connectivity index (χ1v) is 11.2. The lowest BCUT2D eigenvalue weighted by Crippen LogP contribution is -2.12. The lowest BCUT2D eigenvalue weighted by atomic mass is 10.1. The van der Waals surface area contributed by atoms with Gasteiger partial charge in [0.2, 0.25) is 0 Å². The van der Waals surface area contributed by atoms with E-state index in [1.54, 1.807) is 0 Å². The van der Waals surface area contributed by atoms with Crippen molar-refractivity contribution in [2.45, 2.75) is 57.7 Å². The van der Waals surface area contributed by atoms with Crippen molar-refractivity contribution in [3.63, 3.8) is 0 Å². The Labute approximate surface area is 152 Å². The van der Waals surface area contributed by atoms with Crippen LogP contribution in [-0.2, 0) is 28.0 Å². The zero-order valence-corrected chi connectivity index (χ0v) is 16.4. The highest BCUT2D eigenvalue weighted by Crippen LogP contribution is 2.52. The van der Waals surface area contributed by atoms with Crippen molar-refractivity contribution < 1.29 is 47.6 Å². The van der Waals surface area contributed by atoms with Crippen molar-refractivity contribution >= 4 is 27.2 Å². The van der Waals surface area contributed by atoms with E-state index in [0.29, 0.717) is 19.3 Å². The van der Waals surface area contributed by atoms with E-state index in [1.165, 1.54) is 6.92 Å². The van der Waals surface area contributed by atoms with E-state index >= 15 is 0 Å². The molecule has 0 saturated heterocycles. The van der Waals surface area contributed by atoms with Gasteiger partial charge in [-0.2, -0.15) is 0 Å². The average Bonchev–Trinajstić information content (AvgIpc) is 2.47. The van der Waals surface area contributed by atoms with Gasteiger partial charge in [0.05, 0.1) is 6.61 Å². The van der Waals surface area contributed by atoms with Crippen molar-refractivity contribution in [3.05, 3.63) is 12.2 Å². The highest BCUT2D eigenvalue weighted by Gasteiger charge is 2.35. The van der Waals surface area contributed by atoms with Crippen LogP contribution in [0.5, 0.6) is 0 Å². The van der Waals surface area contributed by atoms with E-state index in [9.17, 15) is 18.7 Å². The molecule has 0 rings (SSSR count). The molecule has 0 aromatic heterocycles. The second-order valence-corrected chi connectivity index (χ2v) is 8.74. The Balaban J connectivity index is 3.92. The molecule has 0 amide bonds. The largest absolute Gasteiger partial charge is 0.470 e. The second-order valence-electron chi connectivity index (χ2n) is 5.80. The number of Topliss-reactive ketones (excluding diaryl/α,β-unsaturated/α-hetero) is 1. The van der Waals surface area contributed by atoms with Gasteiger partial charge in [0.1, 0.15) is 5.78 Å². The topological polar surface area (TPSA) is 168 Å². The highest BCUT2D eigenvalue weighted by molar-refractivity contribution is 7.53. The minimum Gasteiger partial charge on any atom is -0.462 e. The molecule has 0 saturated carbocycles. The smallest absolute Gasteiger partial charge is 0.462 e. The van der Waals surface area contributed by atoms with Gasteiger partial charge < -0.3 is 24.3 Å². The minimum atomic E-state index is -5.00. The summed E-state index contributed by atoms with van der Waals surface area (Å²) in [5.74, 6) is -2.47. The zero-order chi connectivity index (χ0) is 20.4. The third-order valence-corrected chi connectivity index (χ3v) is 5.06. The Morgan fingerprint density at radius 2 is 1.58 bits per heavy atom. The Bertz CT molecular complexity index is 576. The van der Waals surface area contributed by atoms with Crippen molar-refractivity contribution in [3.8, 4) is 0 Å². The molecule has 0 spiro atoms. The quantitative estimate of drug-likeness (QED) is 0.142. The summed E-state index contributed by atoms with van der Waals surface area (Å²) >= 11 is 0. The van der Waals surface area contributed by atoms with Gasteiger partial charge in [-0.25, -0.2) is 9.36 Å². The lowest BCUT2D eigenvalue weighted by Gasteiger charge is -2.19. The van der Waals surface area contributed by atoms with E-state index in [0.717, 1.165) is 0 Å². The molecular weight excluding hydrogens is 390 g/mol. The molecule has 12 heteroatoms. The molecular formula is C14H26O10P2. The normalized spacial score (nSPS) is 13.3. The maximum atomic E-state index is 11.6. The summed E-state index contributed by atoms with van der Waals surface area (Å²) in [7, 11) is -9.78. The predicted molar refractivity (Wildman–Crippen MR) is 92.1 cm³/mol. The molecule has 0 radical (unpaired) electrons. The molecule has 152 valence electrons. The maximum absolute atomic E-state index is 11.6. The molecule has 0 fully saturated rings. The van der Waals surface area contributed by atoms with Gasteiger partial charge >= 0.3 is 21.4 Å². The molecule has 0 aliphatic rings. The molecule has 0 aromatic rings. The SMILES string of the molecule is C=C(C)C(=O)OCCC(=O)CCCCCCC(OP(=O)(O)O)P(=O)(O)O. The Kier molecular flexibility index (Phi) is 11.4. The van der Waals surface area contributed by atoms with E-state index in [4.69, 9.17) is 24.3 Å². The van der Waals surface area contributed by atoms with Gasteiger partial charge in [-0.15, -0.1) is 0 Å². The summed E-state index contributed by atoms with van der Waals surface area (Å²) in [6.45, 7) is 4.92. The summed E-state index contributed by atoms with van der Waals surface area (Å²) in [5.41, 5.74) is 0.258. The van der Waals surface area contributed by atoms with Crippen molar-refractivity contribution in [2.75, 3.05) is 6.61 Å². The highest BCUT2D eigenvalue weighted by atomic mass is 31.2. The number of carbonyl (C=O) groups excluding carboxylic acids is 2. The molecule has 4 N–H and O–H groups in total. The fraction of sp³-hybridized carbons (Fsp3) is 0.714. The van der Waals surface area contributed by atoms with Gasteiger partial charge in [0, 0.05) is 18.4 Å². The van der Waals surface area contributed by atoms with Crippen LogP contribution in [0.15, 0.2) is 12.2 Å². The minimum absolute atomic E-state index is 0.00575. The van der Waals surface area contributed by atoms with Crippen LogP contribution >= 0.6 is 15.4 Å². The lowest BCUT2D eigenvalue weighted by molar-refractivity contribution is -0.139. The summed E-state index contributed by atoms with van der Waals surface area (Å²) in [6, 6.07) is 0. The number of phosphoric acid groups is 1. The molecule has 0 aliphatic heterocycles. The van der Waals surface area contributed by atoms with Crippen LogP contribution in [-0.4, -0.2) is 43.8 Å². The standard InChI is InChI=1S/C14H26O10P2/c1-11(2)14(16)23-10-9-12(15)7-5-3-4-6-8-13(25(17,18)19)24-26(20,21)22/h13H,1,3-10H2,2H3,(H2,17,18,19)(H2,20,21,22). The third kappa shape index (κ3) is 13.4. The summed E-state index contributed by atoms with van der Waals surface area (Å²) < 4.78 is 30.8. The molecule has 0 bridgehead atoms. The van der Waals surface area contributed by atoms with Crippen LogP contribution in [0.3, 0.4) is 0 Å². The van der Waals surface area contributed by atoms with Gasteiger partial charge in [0.25, 0.3) is 0 Å². The molecule has 10 nitrogen and oxygen atoms in total. The number of phosphoric ester groups is 1. The van der Waals surface area contributed by atoms with E-state index in [1.807, 2.05) is 0 Å². The van der Waals surface area contributed by atoms with E-state index < -0.39 is 27.2 Å². The van der Waals surface area contributed by atoms with Crippen LogP contribution in [0.1, 0.15) is 51.9 Å². The number of ether oxygens (including phenoxy) is 1. The summed E-state index contributed by atoms with van der Waals surface area (Å²) in [6.07, 6.45) is 2.12. The van der Waals surface area contributed by atoms with Crippen LogP contribution < -0.4 is 0 Å². The fourth-order valence-corrected chi connectivity index (χ4v) is 3.74.